The standard InChI is InChI=1S/C20H25N3O4/c1-2-3-4-5-6-7-14-27-18-12-13-19(20(24)15-18)22-21-16-8-10-17(11-9-16)23(25)26/h8-13,15,24H,2-7,14H2,1H3. The highest BCUT2D eigenvalue weighted by atomic mass is 16.6. The lowest BCUT2D eigenvalue weighted by molar-refractivity contribution is -0.384. The summed E-state index contributed by atoms with van der Waals surface area (Å²) in [5.74, 6) is 0.566. The zero-order valence-electron chi connectivity index (χ0n) is 15.5. The predicted molar refractivity (Wildman–Crippen MR) is 104 cm³/mol. The van der Waals surface area contributed by atoms with E-state index in [-0.39, 0.29) is 11.4 Å². The van der Waals surface area contributed by atoms with Gasteiger partial charge in [0.25, 0.3) is 5.69 Å². The Morgan fingerprint density at radius 2 is 1.70 bits per heavy atom. The molecule has 2 aromatic carbocycles. The Balaban J connectivity index is 1.84. The Labute approximate surface area is 158 Å². The molecule has 0 spiro atoms. The minimum atomic E-state index is -0.476. The van der Waals surface area contributed by atoms with Crippen molar-refractivity contribution in [2.75, 3.05) is 6.61 Å². The molecule has 7 nitrogen and oxygen atoms in total. The Kier molecular flexibility index (Phi) is 8.22. The van der Waals surface area contributed by atoms with Crippen molar-refractivity contribution in [3.05, 3.63) is 52.6 Å². The second-order valence-corrected chi connectivity index (χ2v) is 6.24. The zero-order chi connectivity index (χ0) is 19.5. The molecule has 0 saturated heterocycles. The first-order chi connectivity index (χ1) is 13.1. The summed E-state index contributed by atoms with van der Waals surface area (Å²) in [6, 6.07) is 10.6. The maximum Gasteiger partial charge on any atom is 0.269 e. The van der Waals surface area contributed by atoms with Crippen LogP contribution in [0.3, 0.4) is 0 Å². The van der Waals surface area contributed by atoms with Crippen molar-refractivity contribution in [1.29, 1.82) is 0 Å². The first kappa shape index (κ1) is 20.4. The molecule has 0 aliphatic rings. The molecule has 0 fully saturated rings. The quantitative estimate of drug-likeness (QED) is 0.212. The van der Waals surface area contributed by atoms with Gasteiger partial charge in [0.05, 0.1) is 17.2 Å². The molecule has 0 saturated carbocycles. The number of rotatable bonds is 11. The molecule has 0 amide bonds. The number of non-ortho nitro benzene ring substituents is 1. The van der Waals surface area contributed by atoms with Gasteiger partial charge < -0.3 is 9.84 Å². The Morgan fingerprint density at radius 3 is 2.37 bits per heavy atom. The van der Waals surface area contributed by atoms with Crippen LogP contribution >= 0.6 is 0 Å². The van der Waals surface area contributed by atoms with Crippen LogP contribution in [0.5, 0.6) is 11.5 Å². The van der Waals surface area contributed by atoms with Gasteiger partial charge >= 0.3 is 0 Å². The molecule has 0 bridgehead atoms. The smallest absolute Gasteiger partial charge is 0.269 e. The number of unbranched alkanes of at least 4 members (excludes halogenated alkanes) is 5. The fourth-order valence-corrected chi connectivity index (χ4v) is 2.50. The highest BCUT2D eigenvalue weighted by Gasteiger charge is 2.05. The molecule has 0 aromatic heterocycles. The molecule has 0 unspecified atom stereocenters. The van der Waals surface area contributed by atoms with Gasteiger partial charge in [-0.05, 0) is 30.7 Å². The van der Waals surface area contributed by atoms with E-state index in [2.05, 4.69) is 17.2 Å². The molecule has 27 heavy (non-hydrogen) atoms. The Hall–Kier alpha value is -2.96. The molecule has 0 aliphatic heterocycles. The van der Waals surface area contributed by atoms with Gasteiger partial charge in [-0.15, -0.1) is 5.11 Å². The predicted octanol–water partition coefficient (Wildman–Crippen LogP) is 6.46. The van der Waals surface area contributed by atoms with Gasteiger partial charge in [-0.1, -0.05) is 39.0 Å². The number of nitro benzene ring substituents is 1. The second-order valence-electron chi connectivity index (χ2n) is 6.24. The average molecular weight is 371 g/mol. The van der Waals surface area contributed by atoms with E-state index in [9.17, 15) is 15.2 Å². The lowest BCUT2D eigenvalue weighted by Crippen LogP contribution is -1.97. The van der Waals surface area contributed by atoms with Crippen LogP contribution in [0.25, 0.3) is 0 Å². The fourth-order valence-electron chi connectivity index (χ4n) is 2.50. The number of phenolic OH excluding ortho intramolecular Hbond substituents is 1. The van der Waals surface area contributed by atoms with E-state index in [1.165, 1.54) is 56.0 Å². The van der Waals surface area contributed by atoms with Gasteiger partial charge in [-0.3, -0.25) is 10.1 Å². The lowest BCUT2D eigenvalue weighted by atomic mass is 10.1. The van der Waals surface area contributed by atoms with Crippen molar-refractivity contribution >= 4 is 17.1 Å². The number of benzene rings is 2. The van der Waals surface area contributed by atoms with E-state index in [0.29, 0.717) is 23.7 Å². The zero-order valence-corrected chi connectivity index (χ0v) is 15.5. The monoisotopic (exact) mass is 371 g/mol. The highest BCUT2D eigenvalue weighted by molar-refractivity contribution is 5.54. The van der Waals surface area contributed by atoms with Gasteiger partial charge in [0, 0.05) is 18.2 Å². The van der Waals surface area contributed by atoms with Crippen LogP contribution in [0.4, 0.5) is 17.1 Å². The maximum atomic E-state index is 10.6. The van der Waals surface area contributed by atoms with Gasteiger partial charge in [-0.25, -0.2) is 0 Å². The van der Waals surface area contributed by atoms with E-state index < -0.39 is 4.92 Å². The number of nitro groups is 1. The number of aromatic hydroxyl groups is 1. The average Bonchev–Trinajstić information content (AvgIpc) is 2.67. The summed E-state index contributed by atoms with van der Waals surface area (Å²) in [6.07, 6.45) is 7.16. The third-order valence-electron chi connectivity index (χ3n) is 4.05. The minimum absolute atomic E-state index is 0.0105. The Bertz CT molecular complexity index is 760. The van der Waals surface area contributed by atoms with Crippen molar-refractivity contribution in [1.82, 2.24) is 0 Å². The number of nitrogens with zero attached hydrogens (tertiary/aromatic N) is 3. The van der Waals surface area contributed by atoms with E-state index in [1.54, 1.807) is 12.1 Å². The first-order valence-electron chi connectivity index (χ1n) is 9.22. The van der Waals surface area contributed by atoms with E-state index in [4.69, 9.17) is 4.74 Å². The minimum Gasteiger partial charge on any atom is -0.505 e. The highest BCUT2D eigenvalue weighted by Crippen LogP contribution is 2.32. The molecular weight excluding hydrogens is 346 g/mol. The van der Waals surface area contributed by atoms with E-state index in [0.717, 1.165) is 12.8 Å². The number of hydrogen-bond donors (Lipinski definition) is 1. The van der Waals surface area contributed by atoms with E-state index in [1.807, 2.05) is 0 Å². The van der Waals surface area contributed by atoms with E-state index >= 15 is 0 Å². The molecule has 144 valence electrons. The SMILES string of the molecule is CCCCCCCCOc1ccc(N=Nc2ccc([N+](=O)[O-])cc2)c(O)c1. The summed E-state index contributed by atoms with van der Waals surface area (Å²) in [4.78, 5) is 10.2. The summed E-state index contributed by atoms with van der Waals surface area (Å²) >= 11 is 0. The van der Waals surface area contributed by atoms with Crippen LogP contribution in [0.2, 0.25) is 0 Å². The summed E-state index contributed by atoms with van der Waals surface area (Å²) < 4.78 is 5.65. The topological polar surface area (TPSA) is 97.3 Å². The molecule has 2 aromatic rings. The van der Waals surface area contributed by atoms with Gasteiger partial charge in [-0.2, -0.15) is 5.11 Å². The van der Waals surface area contributed by atoms with Gasteiger partial charge in [0.15, 0.2) is 0 Å². The molecule has 2 rings (SSSR count). The van der Waals surface area contributed by atoms with Crippen LogP contribution in [-0.4, -0.2) is 16.6 Å². The van der Waals surface area contributed by atoms with Crippen molar-refractivity contribution in [3.8, 4) is 11.5 Å². The first-order valence-corrected chi connectivity index (χ1v) is 9.22. The van der Waals surface area contributed by atoms with Gasteiger partial charge in [0.2, 0.25) is 0 Å². The normalized spacial score (nSPS) is 11.0. The largest absolute Gasteiger partial charge is 0.505 e. The summed E-state index contributed by atoms with van der Waals surface area (Å²) in [7, 11) is 0. The third kappa shape index (κ3) is 7.05. The maximum absolute atomic E-state index is 10.6. The third-order valence-corrected chi connectivity index (χ3v) is 4.05. The van der Waals surface area contributed by atoms with Crippen molar-refractivity contribution in [2.24, 2.45) is 10.2 Å². The van der Waals surface area contributed by atoms with Crippen LogP contribution in [0.1, 0.15) is 45.4 Å². The lowest BCUT2D eigenvalue weighted by Gasteiger charge is -2.07. The van der Waals surface area contributed by atoms with Crippen molar-refractivity contribution < 1.29 is 14.8 Å². The summed E-state index contributed by atoms with van der Waals surface area (Å²) in [5, 5.41) is 28.7. The van der Waals surface area contributed by atoms with Crippen molar-refractivity contribution in [3.63, 3.8) is 0 Å². The molecule has 0 heterocycles. The number of ether oxygens (including phenoxy) is 1. The summed E-state index contributed by atoms with van der Waals surface area (Å²) in [6.45, 7) is 2.82. The molecule has 0 aliphatic carbocycles. The fraction of sp³-hybridized carbons (Fsp3) is 0.400. The molecular formula is C20H25N3O4. The number of hydrogen-bond acceptors (Lipinski definition) is 6. The molecule has 0 radical (unpaired) electrons. The number of phenols is 1. The van der Waals surface area contributed by atoms with Crippen LogP contribution in [0.15, 0.2) is 52.7 Å². The van der Waals surface area contributed by atoms with Crippen LogP contribution in [0, 0.1) is 10.1 Å². The van der Waals surface area contributed by atoms with Crippen LogP contribution in [-0.2, 0) is 0 Å². The molecule has 0 atom stereocenters. The summed E-state index contributed by atoms with van der Waals surface area (Å²) in [5.41, 5.74) is 0.757. The molecule has 7 heteroatoms. The second kappa shape index (κ2) is 10.9. The van der Waals surface area contributed by atoms with Crippen LogP contribution < -0.4 is 4.74 Å². The van der Waals surface area contributed by atoms with Gasteiger partial charge in [0.1, 0.15) is 17.2 Å². The molecule has 1 N–H and O–H groups in total. The Morgan fingerprint density at radius 1 is 1.00 bits per heavy atom. The van der Waals surface area contributed by atoms with Crippen molar-refractivity contribution in [2.45, 2.75) is 45.4 Å². The number of azo groups is 1.